The average Bonchev–Trinajstić information content (AvgIpc) is 2.74. The molecule has 0 heterocycles. The summed E-state index contributed by atoms with van der Waals surface area (Å²) >= 11 is 7.96. The SMILES string of the molecule is Cc1cc(Sc2ccc(CNc3ccc(C(F)(F)F)cc3)cc2Cl)c(C)cc1OCC(=O)O. The van der Waals surface area contributed by atoms with Crippen molar-refractivity contribution in [1.29, 1.82) is 0 Å². The van der Waals surface area contributed by atoms with Crippen molar-refractivity contribution in [2.45, 2.75) is 36.4 Å². The van der Waals surface area contributed by atoms with Crippen LogP contribution in [0.5, 0.6) is 5.75 Å². The summed E-state index contributed by atoms with van der Waals surface area (Å²) in [5.74, 6) is -0.514. The van der Waals surface area contributed by atoms with Crippen molar-refractivity contribution >= 4 is 35.0 Å². The topological polar surface area (TPSA) is 58.6 Å². The molecule has 2 N–H and O–H groups in total. The Morgan fingerprint density at radius 1 is 1.03 bits per heavy atom. The van der Waals surface area contributed by atoms with Crippen molar-refractivity contribution in [3.05, 3.63) is 81.9 Å². The molecule has 0 bridgehead atoms. The van der Waals surface area contributed by atoms with Crippen molar-refractivity contribution in [3.63, 3.8) is 0 Å². The lowest BCUT2D eigenvalue weighted by Gasteiger charge is -2.14. The summed E-state index contributed by atoms with van der Waals surface area (Å²) in [5.41, 5.74) is 2.51. The summed E-state index contributed by atoms with van der Waals surface area (Å²) in [5, 5.41) is 12.4. The van der Waals surface area contributed by atoms with Crippen LogP contribution >= 0.6 is 23.4 Å². The van der Waals surface area contributed by atoms with Gasteiger partial charge in [0.1, 0.15) is 5.75 Å². The van der Waals surface area contributed by atoms with Gasteiger partial charge in [-0.1, -0.05) is 29.4 Å². The average molecular weight is 496 g/mol. The third-order valence-corrected chi connectivity index (χ3v) is 6.41. The molecule has 0 aromatic heterocycles. The van der Waals surface area contributed by atoms with E-state index in [-0.39, 0.29) is 0 Å². The Morgan fingerprint density at radius 3 is 2.33 bits per heavy atom. The minimum atomic E-state index is -4.36. The van der Waals surface area contributed by atoms with Crippen LogP contribution in [0.15, 0.2) is 64.4 Å². The first-order chi connectivity index (χ1) is 15.5. The number of nitrogens with one attached hydrogen (secondary N) is 1. The normalized spacial score (nSPS) is 11.3. The second-order valence-corrected chi connectivity index (χ2v) is 8.85. The van der Waals surface area contributed by atoms with Gasteiger partial charge in [-0.3, -0.25) is 0 Å². The number of aliphatic carboxylic acids is 1. The predicted molar refractivity (Wildman–Crippen MR) is 123 cm³/mol. The zero-order chi connectivity index (χ0) is 24.2. The van der Waals surface area contributed by atoms with Crippen LogP contribution in [-0.4, -0.2) is 17.7 Å². The van der Waals surface area contributed by atoms with E-state index in [4.69, 9.17) is 21.4 Å². The molecule has 0 spiro atoms. The van der Waals surface area contributed by atoms with Crippen LogP contribution in [0, 0.1) is 13.8 Å². The molecule has 0 saturated heterocycles. The van der Waals surface area contributed by atoms with Gasteiger partial charge in [0.25, 0.3) is 0 Å². The smallest absolute Gasteiger partial charge is 0.416 e. The molecule has 3 rings (SSSR count). The monoisotopic (exact) mass is 495 g/mol. The van der Waals surface area contributed by atoms with Gasteiger partial charge in [-0.15, -0.1) is 0 Å². The lowest BCUT2D eigenvalue weighted by molar-refractivity contribution is -0.139. The third kappa shape index (κ3) is 6.82. The molecule has 0 aliphatic carbocycles. The minimum absolute atomic E-state index is 0.402. The first kappa shape index (κ1) is 24.8. The Balaban J connectivity index is 1.66. The van der Waals surface area contributed by atoms with Gasteiger partial charge in [-0.2, -0.15) is 13.2 Å². The molecule has 3 aromatic rings. The number of ether oxygens (including phenoxy) is 1. The highest BCUT2D eigenvalue weighted by Crippen LogP contribution is 2.38. The van der Waals surface area contributed by atoms with E-state index in [9.17, 15) is 18.0 Å². The highest BCUT2D eigenvalue weighted by atomic mass is 35.5. The van der Waals surface area contributed by atoms with Crippen molar-refractivity contribution in [3.8, 4) is 5.75 Å². The number of aryl methyl sites for hydroxylation is 2. The second kappa shape index (κ2) is 10.4. The fraction of sp³-hybridized carbons (Fsp3) is 0.208. The molecule has 174 valence electrons. The van der Waals surface area contributed by atoms with Gasteiger partial charge in [0, 0.05) is 22.0 Å². The number of hydrogen-bond donors (Lipinski definition) is 2. The standard InChI is InChI=1S/C24H21ClF3NO3S/c1-14-10-22(15(2)9-20(14)32-13-23(30)31)33-21-8-3-16(11-19(21)25)12-29-18-6-4-17(5-7-18)24(26,27)28/h3-11,29H,12-13H2,1-2H3,(H,30,31). The Kier molecular flexibility index (Phi) is 7.81. The van der Waals surface area contributed by atoms with Gasteiger partial charge in [0.2, 0.25) is 0 Å². The molecule has 0 atom stereocenters. The van der Waals surface area contributed by atoms with Gasteiger partial charge in [0.05, 0.1) is 10.6 Å². The summed E-state index contributed by atoms with van der Waals surface area (Å²) in [6, 6.07) is 14.2. The Labute approximate surface area is 198 Å². The highest BCUT2D eigenvalue weighted by molar-refractivity contribution is 7.99. The number of benzene rings is 3. The number of carbonyl (C=O) groups is 1. The third-order valence-electron chi connectivity index (χ3n) is 4.75. The minimum Gasteiger partial charge on any atom is -0.482 e. The predicted octanol–water partition coefficient (Wildman–Crippen LogP) is 7.20. The number of carboxylic acids is 1. The molecular weight excluding hydrogens is 475 g/mol. The summed E-state index contributed by atoms with van der Waals surface area (Å²) in [4.78, 5) is 12.5. The van der Waals surface area contributed by atoms with Crippen molar-refractivity contribution in [2.75, 3.05) is 11.9 Å². The number of rotatable bonds is 8. The van der Waals surface area contributed by atoms with Crippen molar-refractivity contribution in [2.24, 2.45) is 0 Å². The molecule has 0 aliphatic heterocycles. The molecule has 3 aromatic carbocycles. The van der Waals surface area contributed by atoms with E-state index >= 15 is 0 Å². The summed E-state index contributed by atoms with van der Waals surface area (Å²) in [6.45, 7) is 3.76. The van der Waals surface area contributed by atoms with E-state index in [1.807, 2.05) is 38.1 Å². The van der Waals surface area contributed by atoms with E-state index in [1.54, 1.807) is 6.07 Å². The molecule has 0 amide bonds. The zero-order valence-corrected chi connectivity index (χ0v) is 19.4. The summed E-state index contributed by atoms with van der Waals surface area (Å²) in [6.07, 6.45) is -4.36. The highest BCUT2D eigenvalue weighted by Gasteiger charge is 2.29. The second-order valence-electron chi connectivity index (χ2n) is 7.36. The van der Waals surface area contributed by atoms with Crippen LogP contribution < -0.4 is 10.1 Å². The number of hydrogen-bond acceptors (Lipinski definition) is 4. The van der Waals surface area contributed by atoms with Gasteiger partial charge >= 0.3 is 12.1 Å². The summed E-state index contributed by atoms with van der Waals surface area (Å²) in [7, 11) is 0. The summed E-state index contributed by atoms with van der Waals surface area (Å²) < 4.78 is 43.3. The van der Waals surface area contributed by atoms with E-state index in [0.717, 1.165) is 38.6 Å². The van der Waals surface area contributed by atoms with Crippen LogP contribution in [0.2, 0.25) is 5.02 Å². The first-order valence-electron chi connectivity index (χ1n) is 9.86. The Hall–Kier alpha value is -2.84. The van der Waals surface area contributed by atoms with Crippen molar-refractivity contribution in [1.82, 2.24) is 0 Å². The Bertz CT molecular complexity index is 1150. The molecule has 33 heavy (non-hydrogen) atoms. The van der Waals surface area contributed by atoms with Crippen LogP contribution in [0.1, 0.15) is 22.3 Å². The maximum absolute atomic E-state index is 12.7. The Morgan fingerprint density at radius 2 is 1.73 bits per heavy atom. The zero-order valence-electron chi connectivity index (χ0n) is 17.8. The fourth-order valence-corrected chi connectivity index (χ4v) is 4.31. The van der Waals surface area contributed by atoms with Crippen LogP contribution in [0.25, 0.3) is 0 Å². The maximum atomic E-state index is 12.7. The molecule has 0 fully saturated rings. The van der Waals surface area contributed by atoms with Gasteiger partial charge in [0.15, 0.2) is 6.61 Å². The lowest BCUT2D eigenvalue weighted by Crippen LogP contribution is -2.10. The van der Waals surface area contributed by atoms with Crippen molar-refractivity contribution < 1.29 is 27.8 Å². The molecule has 0 unspecified atom stereocenters. The molecule has 0 radical (unpaired) electrons. The van der Waals surface area contributed by atoms with Crippen LogP contribution in [0.3, 0.4) is 0 Å². The molecular formula is C24H21ClF3NO3S. The van der Waals surface area contributed by atoms with E-state index in [1.165, 1.54) is 23.9 Å². The molecule has 4 nitrogen and oxygen atoms in total. The number of alkyl halides is 3. The number of halogens is 4. The van der Waals surface area contributed by atoms with Crippen LogP contribution in [0.4, 0.5) is 18.9 Å². The number of carboxylic acid groups (broad SMARTS) is 1. The number of anilines is 1. The first-order valence-corrected chi connectivity index (χ1v) is 11.1. The molecule has 0 saturated carbocycles. The quantitative estimate of drug-likeness (QED) is 0.346. The van der Waals surface area contributed by atoms with E-state index in [2.05, 4.69) is 5.32 Å². The molecule has 0 aliphatic rings. The largest absolute Gasteiger partial charge is 0.482 e. The fourth-order valence-electron chi connectivity index (χ4n) is 3.00. The van der Waals surface area contributed by atoms with E-state index in [0.29, 0.717) is 23.0 Å². The van der Waals surface area contributed by atoms with E-state index < -0.39 is 24.3 Å². The van der Waals surface area contributed by atoms with Gasteiger partial charge in [-0.25, -0.2) is 4.79 Å². The lowest BCUT2D eigenvalue weighted by atomic mass is 10.1. The van der Waals surface area contributed by atoms with Gasteiger partial charge < -0.3 is 15.2 Å². The van der Waals surface area contributed by atoms with Gasteiger partial charge in [-0.05, 0) is 79.1 Å². The molecule has 9 heteroatoms. The maximum Gasteiger partial charge on any atom is 0.416 e. The van der Waals surface area contributed by atoms with Crippen LogP contribution in [-0.2, 0) is 17.5 Å².